The van der Waals surface area contributed by atoms with Crippen molar-refractivity contribution in [1.29, 1.82) is 0 Å². The Morgan fingerprint density at radius 2 is 1.58 bits per heavy atom. The summed E-state index contributed by atoms with van der Waals surface area (Å²) in [6, 6.07) is 15.2. The van der Waals surface area contributed by atoms with E-state index in [-0.39, 0.29) is 30.3 Å². The number of epoxide rings is 1. The Bertz CT molecular complexity index is 1080. The van der Waals surface area contributed by atoms with Crippen LogP contribution in [0, 0.1) is 5.92 Å². The molecule has 192 valence electrons. The summed E-state index contributed by atoms with van der Waals surface area (Å²) < 4.78 is 10.6. The van der Waals surface area contributed by atoms with Crippen molar-refractivity contribution in [2.24, 2.45) is 5.92 Å². The Labute approximate surface area is 211 Å². The van der Waals surface area contributed by atoms with Crippen LogP contribution in [0.4, 0.5) is 0 Å². The summed E-state index contributed by atoms with van der Waals surface area (Å²) in [6.45, 7) is 4.96. The average molecular weight is 495 g/mol. The molecule has 0 aliphatic carbocycles. The molecule has 1 aliphatic rings. The summed E-state index contributed by atoms with van der Waals surface area (Å²) in [5.74, 6) is -1.23. The van der Waals surface area contributed by atoms with Crippen LogP contribution in [0.3, 0.4) is 0 Å². The molecule has 1 fully saturated rings. The SMILES string of the molecule is COc1ccc(C[C@H](CC(=O)[C@H](C)NC(C)=O)C(=O)N[C@@H](Cc2ccccc2)C(=O)[C@@]2(C)CO2)cc1. The van der Waals surface area contributed by atoms with E-state index in [0.717, 1.165) is 11.1 Å². The third-order valence-electron chi connectivity index (χ3n) is 6.38. The van der Waals surface area contributed by atoms with Crippen molar-refractivity contribution >= 4 is 23.4 Å². The minimum Gasteiger partial charge on any atom is -0.497 e. The lowest BCUT2D eigenvalue weighted by molar-refractivity contribution is -0.134. The smallest absolute Gasteiger partial charge is 0.224 e. The van der Waals surface area contributed by atoms with E-state index in [4.69, 9.17) is 9.47 Å². The van der Waals surface area contributed by atoms with Gasteiger partial charge in [-0.25, -0.2) is 0 Å². The second kappa shape index (κ2) is 11.9. The number of Topliss-reactive ketones (excluding diaryl/α,β-unsaturated/α-hetero) is 2. The normalized spacial score (nSPS) is 18.9. The van der Waals surface area contributed by atoms with Gasteiger partial charge in [-0.1, -0.05) is 42.5 Å². The Kier molecular flexibility index (Phi) is 8.98. The molecule has 0 spiro atoms. The summed E-state index contributed by atoms with van der Waals surface area (Å²) >= 11 is 0. The number of benzene rings is 2. The zero-order chi connectivity index (χ0) is 26.3. The Balaban J connectivity index is 1.81. The molecule has 3 rings (SSSR count). The first-order valence-electron chi connectivity index (χ1n) is 12.1. The summed E-state index contributed by atoms with van der Waals surface area (Å²) in [5.41, 5.74) is 0.843. The van der Waals surface area contributed by atoms with E-state index in [2.05, 4.69) is 10.6 Å². The molecular formula is C28H34N2O6. The van der Waals surface area contributed by atoms with E-state index < -0.39 is 29.5 Å². The lowest BCUT2D eigenvalue weighted by Gasteiger charge is -2.24. The molecule has 1 saturated heterocycles. The van der Waals surface area contributed by atoms with Gasteiger partial charge in [-0.3, -0.25) is 19.2 Å². The van der Waals surface area contributed by atoms with Gasteiger partial charge in [-0.05, 0) is 49.9 Å². The fraction of sp³-hybridized carbons (Fsp3) is 0.429. The fourth-order valence-corrected chi connectivity index (χ4v) is 4.08. The molecule has 8 nitrogen and oxygen atoms in total. The van der Waals surface area contributed by atoms with Crippen molar-refractivity contribution < 1.29 is 28.7 Å². The second-order valence-corrected chi connectivity index (χ2v) is 9.48. The van der Waals surface area contributed by atoms with Crippen LogP contribution in [0.15, 0.2) is 54.6 Å². The predicted octanol–water partition coefficient (Wildman–Crippen LogP) is 2.42. The van der Waals surface area contributed by atoms with Crippen LogP contribution in [-0.4, -0.2) is 54.8 Å². The van der Waals surface area contributed by atoms with Gasteiger partial charge in [0, 0.05) is 19.3 Å². The largest absolute Gasteiger partial charge is 0.497 e. The average Bonchev–Trinajstić information content (AvgIpc) is 3.61. The van der Waals surface area contributed by atoms with Crippen LogP contribution in [0.1, 0.15) is 38.3 Å². The van der Waals surface area contributed by atoms with E-state index >= 15 is 0 Å². The molecule has 2 aromatic rings. The highest BCUT2D eigenvalue weighted by Gasteiger charge is 2.50. The standard InChI is InChI=1S/C28H34N2O6/c1-18(29-19(2)31)25(32)16-22(14-21-10-12-23(35-4)13-11-21)27(34)30-24(26(33)28(3)17-36-28)15-20-8-6-5-7-9-20/h5-13,18,22,24H,14-17H2,1-4H3,(H,29,31)(H,30,34)/t18-,22+,24-,28+/m0/s1. The van der Waals surface area contributed by atoms with Crippen molar-refractivity contribution in [2.45, 2.75) is 57.7 Å². The van der Waals surface area contributed by atoms with Gasteiger partial charge in [0.15, 0.2) is 11.6 Å². The van der Waals surface area contributed by atoms with Crippen LogP contribution in [0.2, 0.25) is 0 Å². The molecule has 2 N–H and O–H groups in total. The molecule has 0 unspecified atom stereocenters. The monoisotopic (exact) mass is 494 g/mol. The number of ketones is 2. The molecule has 8 heteroatoms. The van der Waals surface area contributed by atoms with Crippen LogP contribution in [-0.2, 0) is 36.8 Å². The number of nitrogens with one attached hydrogen (secondary N) is 2. The molecule has 4 atom stereocenters. The molecule has 2 amide bonds. The quantitative estimate of drug-likeness (QED) is 0.414. The number of methoxy groups -OCH3 is 1. The number of carbonyl (C=O) groups excluding carboxylic acids is 4. The van der Waals surface area contributed by atoms with Crippen molar-refractivity contribution in [3.8, 4) is 5.75 Å². The number of ether oxygens (including phenoxy) is 2. The molecular weight excluding hydrogens is 460 g/mol. The fourth-order valence-electron chi connectivity index (χ4n) is 4.08. The Morgan fingerprint density at radius 1 is 0.972 bits per heavy atom. The topological polar surface area (TPSA) is 114 Å². The van der Waals surface area contributed by atoms with E-state index in [0.29, 0.717) is 18.8 Å². The van der Waals surface area contributed by atoms with E-state index in [1.165, 1.54) is 6.92 Å². The van der Waals surface area contributed by atoms with Crippen LogP contribution < -0.4 is 15.4 Å². The molecule has 0 radical (unpaired) electrons. The molecule has 2 aromatic carbocycles. The van der Waals surface area contributed by atoms with Crippen LogP contribution in [0.5, 0.6) is 5.75 Å². The maximum atomic E-state index is 13.5. The number of rotatable bonds is 13. The first-order chi connectivity index (χ1) is 17.1. The lowest BCUT2D eigenvalue weighted by Crippen LogP contribution is -2.50. The summed E-state index contributed by atoms with van der Waals surface area (Å²) in [7, 11) is 1.57. The number of carbonyl (C=O) groups is 4. The van der Waals surface area contributed by atoms with Gasteiger partial charge in [0.05, 0.1) is 25.8 Å². The van der Waals surface area contributed by atoms with Gasteiger partial charge in [-0.2, -0.15) is 0 Å². The third kappa shape index (κ3) is 7.49. The molecule has 1 aliphatic heterocycles. The molecule has 36 heavy (non-hydrogen) atoms. The van der Waals surface area contributed by atoms with Gasteiger partial charge in [0.2, 0.25) is 11.8 Å². The number of amides is 2. The highest BCUT2D eigenvalue weighted by molar-refractivity contribution is 5.98. The van der Waals surface area contributed by atoms with Crippen molar-refractivity contribution in [3.63, 3.8) is 0 Å². The summed E-state index contributed by atoms with van der Waals surface area (Å²) in [6.07, 6.45) is 0.517. The Hall–Kier alpha value is -3.52. The zero-order valence-corrected chi connectivity index (χ0v) is 21.2. The molecule has 0 aromatic heterocycles. The third-order valence-corrected chi connectivity index (χ3v) is 6.38. The minimum atomic E-state index is -0.909. The first kappa shape index (κ1) is 27.1. The highest BCUT2D eigenvalue weighted by atomic mass is 16.6. The van der Waals surface area contributed by atoms with Crippen molar-refractivity contribution in [3.05, 3.63) is 65.7 Å². The van der Waals surface area contributed by atoms with Gasteiger partial charge in [-0.15, -0.1) is 0 Å². The lowest BCUT2D eigenvalue weighted by atomic mass is 9.89. The molecule has 0 bridgehead atoms. The van der Waals surface area contributed by atoms with Gasteiger partial charge < -0.3 is 20.1 Å². The van der Waals surface area contributed by atoms with Crippen LogP contribution in [0.25, 0.3) is 0 Å². The first-order valence-corrected chi connectivity index (χ1v) is 12.1. The number of hydrogen-bond acceptors (Lipinski definition) is 6. The molecule has 0 saturated carbocycles. The van der Waals surface area contributed by atoms with Crippen LogP contribution >= 0.6 is 0 Å². The van der Waals surface area contributed by atoms with E-state index in [9.17, 15) is 19.2 Å². The van der Waals surface area contributed by atoms with E-state index in [1.807, 2.05) is 42.5 Å². The maximum Gasteiger partial charge on any atom is 0.224 e. The zero-order valence-electron chi connectivity index (χ0n) is 21.2. The predicted molar refractivity (Wildman–Crippen MR) is 135 cm³/mol. The highest BCUT2D eigenvalue weighted by Crippen LogP contribution is 2.29. The van der Waals surface area contributed by atoms with Crippen molar-refractivity contribution in [2.75, 3.05) is 13.7 Å². The summed E-state index contributed by atoms with van der Waals surface area (Å²) in [4.78, 5) is 51.0. The van der Waals surface area contributed by atoms with Crippen molar-refractivity contribution in [1.82, 2.24) is 10.6 Å². The van der Waals surface area contributed by atoms with Gasteiger partial charge in [0.25, 0.3) is 0 Å². The second-order valence-electron chi connectivity index (χ2n) is 9.48. The summed E-state index contributed by atoms with van der Waals surface area (Å²) in [5, 5.41) is 5.49. The van der Waals surface area contributed by atoms with Gasteiger partial charge in [0.1, 0.15) is 11.4 Å². The molecule has 1 heterocycles. The minimum absolute atomic E-state index is 0.0840. The van der Waals surface area contributed by atoms with E-state index in [1.54, 1.807) is 33.1 Å². The van der Waals surface area contributed by atoms with Gasteiger partial charge >= 0.3 is 0 Å². The number of hydrogen-bond donors (Lipinski definition) is 2. The maximum absolute atomic E-state index is 13.5. The Morgan fingerprint density at radius 3 is 2.14 bits per heavy atom.